The Morgan fingerprint density at radius 1 is 0.133 bits per heavy atom. The number of benzene rings is 12. The van der Waals surface area contributed by atoms with Gasteiger partial charge in [-0.1, -0.05) is 336 Å². The van der Waals surface area contributed by atoms with Crippen LogP contribution in [0.25, 0.3) is 0 Å². The van der Waals surface area contributed by atoms with Gasteiger partial charge in [0, 0.05) is 0 Å². The summed E-state index contributed by atoms with van der Waals surface area (Å²) in [5, 5.41) is 0. The predicted molar refractivity (Wildman–Crippen MR) is 432 cm³/mol. The first kappa shape index (κ1) is 70.3. The summed E-state index contributed by atoms with van der Waals surface area (Å²) in [5.41, 5.74) is 21.9. The van der Waals surface area contributed by atoms with Crippen molar-refractivity contribution in [2.75, 3.05) is 0 Å². The number of rotatable bonds is 16. The van der Waals surface area contributed by atoms with Gasteiger partial charge in [0.1, 0.15) is 0 Å². The predicted octanol–water partition coefficient (Wildman–Crippen LogP) is 6.73. The van der Waals surface area contributed by atoms with Gasteiger partial charge < -0.3 is 54.9 Å². The highest BCUT2D eigenvalue weighted by atomic mass is 16.7. The Morgan fingerprint density at radius 2 is 0.219 bits per heavy atom. The van der Waals surface area contributed by atoms with Gasteiger partial charge in [0.05, 0.1) is 5.41 Å². The van der Waals surface area contributed by atoms with Gasteiger partial charge in [-0.3, -0.25) is 0 Å². The van der Waals surface area contributed by atoms with Crippen LogP contribution in [0.15, 0.2) is 291 Å². The van der Waals surface area contributed by atoms with Gasteiger partial charge in [-0.15, -0.1) is 0 Å². The molecule has 0 spiro atoms. The maximum Gasteiger partial charge on any atom is 0.467 e. The zero-order valence-electron chi connectivity index (χ0n) is 60.0. The van der Waals surface area contributed by atoms with Crippen LogP contribution in [0.5, 0.6) is 0 Å². The summed E-state index contributed by atoms with van der Waals surface area (Å²) in [6, 6.07) is 100. The Morgan fingerprint density at radius 3 is 0.314 bits per heavy atom. The van der Waals surface area contributed by atoms with Gasteiger partial charge in [0.15, 0.2) is 0 Å². The van der Waals surface area contributed by atoms with Crippen LogP contribution < -0.4 is 65.6 Å². The third-order valence-electron chi connectivity index (χ3n) is 20.2. The molecule has 0 unspecified atom stereocenters. The minimum atomic E-state index is -1.09. The van der Waals surface area contributed by atoms with E-state index in [1.807, 2.05) is 0 Å². The Bertz CT molecular complexity index is 4090. The van der Waals surface area contributed by atoms with Crippen molar-refractivity contribution in [2.45, 2.75) is 60.8 Å². The van der Waals surface area contributed by atoms with E-state index < -0.39 is 90.8 Å². The van der Waals surface area contributed by atoms with E-state index in [9.17, 15) is 0 Å². The van der Waals surface area contributed by atoms with Gasteiger partial charge >= 0.3 is 85.4 Å². The lowest BCUT2D eigenvalue weighted by Gasteiger charge is -2.38. The topological polar surface area (TPSA) is 111 Å². The maximum atomic E-state index is 6.87. The van der Waals surface area contributed by atoms with Gasteiger partial charge in [-0.2, -0.15) is 0 Å². The molecule has 0 bridgehead atoms. The molecule has 4 saturated heterocycles. The molecular weight excluding hydrogens is 1290 g/mol. The molecule has 4 aliphatic rings. The van der Waals surface area contributed by atoms with Crippen molar-refractivity contribution in [1.82, 2.24) is 0 Å². The van der Waals surface area contributed by atoms with Crippen molar-refractivity contribution in [1.29, 1.82) is 0 Å². The van der Waals surface area contributed by atoms with Gasteiger partial charge in [0.2, 0.25) is 0 Å². The van der Waals surface area contributed by atoms with E-state index in [0.29, 0.717) is 0 Å². The summed E-state index contributed by atoms with van der Waals surface area (Å²) in [6.07, 6.45) is 0. The minimum Gasteiger partial charge on any atom is -0.445 e. The highest BCUT2D eigenvalue weighted by Gasteiger charge is 2.49. The van der Waals surface area contributed by atoms with Crippen molar-refractivity contribution >= 4 is 151 Å². The van der Waals surface area contributed by atoms with E-state index in [0.717, 1.165) is 132 Å². The fourth-order valence-corrected chi connectivity index (χ4v) is 14.0. The maximum absolute atomic E-state index is 6.87. The molecule has 0 N–H and O–H groups in total. The zero-order chi connectivity index (χ0) is 71.7. The minimum absolute atomic E-state index is 0.737. The number of hydrogen-bond donors (Lipinski definition) is 0. The van der Waals surface area contributed by atoms with Crippen molar-refractivity contribution in [3.63, 3.8) is 0 Å². The Hall–Kier alpha value is -9.06. The molecule has 504 valence electrons. The summed E-state index contributed by atoms with van der Waals surface area (Å²) < 4.78 is 81.7. The second-order valence-corrected chi connectivity index (χ2v) is 28.1. The first-order valence-electron chi connectivity index (χ1n) is 36.0. The zero-order valence-corrected chi connectivity index (χ0v) is 60.0. The third kappa shape index (κ3) is 15.4. The van der Waals surface area contributed by atoms with Crippen LogP contribution in [-0.2, 0) is 60.3 Å². The van der Waals surface area contributed by atoms with Gasteiger partial charge in [-0.05, 0) is 143 Å². The molecule has 4 fully saturated rings. The van der Waals surface area contributed by atoms with Crippen molar-refractivity contribution < 1.29 is 54.9 Å². The van der Waals surface area contributed by atoms with E-state index in [2.05, 4.69) is 347 Å². The Labute approximate surface area is 620 Å². The molecule has 12 nitrogen and oxygen atoms in total. The first-order chi connectivity index (χ1) is 51.2. The second kappa shape index (κ2) is 30.8. The highest BCUT2D eigenvalue weighted by molar-refractivity contribution is 6.90. The molecule has 0 amide bonds. The van der Waals surface area contributed by atoms with E-state index in [-0.39, 0.29) is 0 Å². The average molecular weight is 1370 g/mol. The van der Waals surface area contributed by atoms with Crippen LogP contribution >= 0.6 is 0 Å². The summed E-state index contributed by atoms with van der Waals surface area (Å²) in [7, 11) is -9.22. The molecule has 12 aromatic carbocycles. The van der Waals surface area contributed by atoms with Gasteiger partial charge in [0.25, 0.3) is 0 Å². The molecule has 0 radical (unpaired) electrons. The molecule has 4 heterocycles. The average Bonchev–Trinajstić information content (AvgIpc) is 0.726. The molecule has 16 rings (SSSR count). The monoisotopic (exact) mass is 1370 g/mol. The van der Waals surface area contributed by atoms with Crippen LogP contribution in [0, 0.1) is 55.4 Å². The van der Waals surface area contributed by atoms with Crippen LogP contribution in [0.1, 0.15) is 66.8 Å². The Balaban J connectivity index is 0.841. The summed E-state index contributed by atoms with van der Waals surface area (Å²) in [6.45, 7) is 16.6. The molecule has 0 saturated carbocycles. The second-order valence-electron chi connectivity index (χ2n) is 28.1. The van der Waals surface area contributed by atoms with Crippen molar-refractivity contribution in [3.05, 3.63) is 358 Å². The number of aryl methyl sites for hydroxylation is 8. The van der Waals surface area contributed by atoms with Crippen LogP contribution in [-0.4, -0.2) is 85.4 Å². The normalized spacial score (nSPS) is 15.3. The lowest BCUT2D eigenvalue weighted by atomic mass is 9.59. The highest BCUT2D eigenvalue weighted by Crippen LogP contribution is 2.45. The smallest absolute Gasteiger partial charge is 0.445 e. The molecule has 24 heteroatoms. The third-order valence-corrected chi connectivity index (χ3v) is 20.2. The van der Waals surface area contributed by atoms with Crippen LogP contribution in [0.4, 0.5) is 0 Å². The van der Waals surface area contributed by atoms with E-state index in [1.54, 1.807) is 0 Å². The van der Waals surface area contributed by atoms with Gasteiger partial charge in [-0.25, -0.2) is 0 Å². The van der Waals surface area contributed by atoms with Crippen molar-refractivity contribution in [2.24, 2.45) is 0 Å². The molecule has 105 heavy (non-hydrogen) atoms. The molecular formula is C81H72B12O12. The molecule has 12 aromatic rings. The summed E-state index contributed by atoms with van der Waals surface area (Å²) in [5.74, 6) is 0. The lowest BCUT2D eigenvalue weighted by molar-refractivity contribution is 0.307. The van der Waals surface area contributed by atoms with E-state index in [4.69, 9.17) is 54.9 Å². The fraction of sp³-hybridized carbons (Fsp3) is 0.111. The lowest BCUT2D eigenvalue weighted by Crippen LogP contribution is -2.61. The first-order valence-corrected chi connectivity index (χ1v) is 36.0. The molecule has 0 aromatic heterocycles. The number of hydrogen-bond acceptors (Lipinski definition) is 12. The van der Waals surface area contributed by atoms with E-state index >= 15 is 0 Å². The standard InChI is InChI=1S/C81H72B12O12/c1-57-9-33-69(34-10-57)82-94-83(70-35-11-58(2)12-36-70)99-90(98-82)77-49-25-65(26-50-77)81(66-27-51-78(52-28-66)91-100-84(71-37-13-59(3)14-38-71)95-85(101-91)72-39-15-60(4)16-40-72,67-29-53-79(54-30-67)92-102-86(73-41-17-61(5)18-42-73)96-87(103-92)74-43-19-62(6)20-44-74)68-31-55-80(56-32-68)93-104-88(75-45-21-63(7)22-46-75)97-89(105-93)76-47-23-64(8)24-48-76/h9-56H,1-8H3. The van der Waals surface area contributed by atoms with Crippen LogP contribution in [0.2, 0.25) is 0 Å². The fourth-order valence-electron chi connectivity index (χ4n) is 14.0. The molecule has 0 aliphatic carbocycles. The quantitative estimate of drug-likeness (QED) is 0.0756. The summed E-state index contributed by atoms with van der Waals surface area (Å²) >= 11 is 0. The van der Waals surface area contributed by atoms with E-state index in [1.165, 1.54) is 0 Å². The largest absolute Gasteiger partial charge is 0.467 e. The van der Waals surface area contributed by atoms with Crippen molar-refractivity contribution in [3.8, 4) is 0 Å². The molecule has 4 aliphatic heterocycles. The SMILES string of the molecule is Cc1ccc(B2OB(c3ccc(C)cc3)OB(c3ccc(C(c4ccc(B5OB(c6ccc(C)cc6)OB(c6ccc(C)cc6)O5)cc4)(c4ccc(B5OB(c6ccc(C)cc6)OB(c6ccc(C)cc6)O5)cc4)c4ccc(B5OB(c6ccc(C)cc6)OB(c6ccc(C)cc6)O5)cc4)cc3)O2)cc1. The molecule has 0 atom stereocenters. The Kier molecular flexibility index (Phi) is 20.6. The van der Waals surface area contributed by atoms with Crippen LogP contribution in [0.3, 0.4) is 0 Å². The summed E-state index contributed by atoms with van der Waals surface area (Å²) in [4.78, 5) is 0.